The Morgan fingerprint density at radius 3 is 2.25 bits per heavy atom. The number of ketones is 2. The topological polar surface area (TPSA) is 72.5 Å². The number of allylic oxidation sites excluding steroid dienone is 2. The largest absolute Gasteiger partial charge is 0.462 e. The normalized spacial score (nSPS) is 13.8. The molecule has 0 aliphatic heterocycles. The number of nitrogens with one attached hydrogen (secondary N) is 1. The lowest BCUT2D eigenvalue weighted by Gasteiger charge is -2.19. The first-order chi connectivity index (χ1) is 15.5. The van der Waals surface area contributed by atoms with E-state index in [0.717, 1.165) is 44.2 Å². The van der Waals surface area contributed by atoms with Crippen molar-refractivity contribution in [2.45, 2.75) is 45.4 Å². The van der Waals surface area contributed by atoms with Gasteiger partial charge in [0.2, 0.25) is 0 Å². The fourth-order valence-electron chi connectivity index (χ4n) is 3.91. The number of hydrogen-bond donors (Lipinski definition) is 1. The van der Waals surface area contributed by atoms with E-state index in [1.54, 1.807) is 43.3 Å². The van der Waals surface area contributed by atoms with Crippen LogP contribution in [0.4, 0.5) is 5.69 Å². The summed E-state index contributed by atoms with van der Waals surface area (Å²) < 4.78 is 5.14. The number of carbonyl (C=O) groups is 3. The van der Waals surface area contributed by atoms with Crippen LogP contribution >= 0.6 is 0 Å². The lowest BCUT2D eigenvalue weighted by atomic mass is 9.84. The number of fused-ring (bicyclic) bond motifs is 2. The summed E-state index contributed by atoms with van der Waals surface area (Å²) in [4.78, 5) is 37.2. The summed E-state index contributed by atoms with van der Waals surface area (Å²) in [5.41, 5.74) is 5.71. The molecule has 2 aromatic carbocycles. The van der Waals surface area contributed by atoms with Gasteiger partial charge >= 0.3 is 5.97 Å². The van der Waals surface area contributed by atoms with Crippen LogP contribution in [0.25, 0.3) is 0 Å². The smallest absolute Gasteiger partial charge is 0.333 e. The van der Waals surface area contributed by atoms with E-state index in [-0.39, 0.29) is 17.5 Å². The molecule has 2 aromatic rings. The molecule has 4 rings (SSSR count). The Balaban J connectivity index is 1.38. The molecule has 0 heterocycles. The average Bonchev–Trinajstić information content (AvgIpc) is 3.64. The molecule has 0 radical (unpaired) electrons. The summed E-state index contributed by atoms with van der Waals surface area (Å²) in [7, 11) is 0. The number of carbonyl (C=O) groups excluding carboxylic acids is 3. The zero-order valence-corrected chi connectivity index (χ0v) is 18.3. The van der Waals surface area contributed by atoms with E-state index in [1.807, 2.05) is 6.07 Å². The summed E-state index contributed by atoms with van der Waals surface area (Å²) >= 11 is 0. The molecule has 1 fully saturated rings. The quantitative estimate of drug-likeness (QED) is 0.272. The average molecular weight is 430 g/mol. The highest BCUT2D eigenvalue weighted by Gasteiger charge is 2.29. The van der Waals surface area contributed by atoms with Gasteiger partial charge in [-0.2, -0.15) is 0 Å². The molecule has 2 aliphatic rings. The second-order valence-electron chi connectivity index (χ2n) is 8.40. The standard InChI is InChI=1S/C27H27NO4/c1-17(2)27(31)32-15-7-3-4-10-24(18-11-12-18)28-19-13-14-22-23(16-19)26(30)21-9-6-5-8-20(21)25(22)29/h5-6,8-9,13-14,16,28H,1,3-4,7,10-12,15H2,2H3. The minimum Gasteiger partial charge on any atom is -0.462 e. The van der Waals surface area contributed by atoms with Crippen LogP contribution in [0.5, 0.6) is 0 Å². The number of rotatable bonds is 9. The summed E-state index contributed by atoms with van der Waals surface area (Å²) in [5, 5.41) is 3.49. The highest BCUT2D eigenvalue weighted by Crippen LogP contribution is 2.35. The highest BCUT2D eigenvalue weighted by atomic mass is 16.5. The van der Waals surface area contributed by atoms with Crippen molar-refractivity contribution in [2.75, 3.05) is 11.9 Å². The van der Waals surface area contributed by atoms with E-state index in [1.165, 1.54) is 11.3 Å². The molecule has 0 bridgehead atoms. The molecule has 1 N–H and O–H groups in total. The summed E-state index contributed by atoms with van der Waals surface area (Å²) in [6.45, 7) is 5.63. The van der Waals surface area contributed by atoms with Crippen LogP contribution in [-0.2, 0) is 9.53 Å². The van der Waals surface area contributed by atoms with E-state index < -0.39 is 0 Å². The van der Waals surface area contributed by atoms with Gasteiger partial charge in [-0.3, -0.25) is 9.59 Å². The number of unbranched alkanes of at least 4 members (excludes halogenated alkanes) is 2. The maximum absolute atomic E-state index is 13.0. The van der Waals surface area contributed by atoms with E-state index in [2.05, 4.69) is 11.9 Å². The Hall–Kier alpha value is -3.47. The van der Waals surface area contributed by atoms with Crippen molar-refractivity contribution < 1.29 is 19.1 Å². The summed E-state index contributed by atoms with van der Waals surface area (Å²) in [5.74, 6) is -0.547. The van der Waals surface area contributed by atoms with Crippen molar-refractivity contribution in [1.29, 1.82) is 0 Å². The van der Waals surface area contributed by atoms with Gasteiger partial charge in [-0.1, -0.05) is 36.4 Å². The van der Waals surface area contributed by atoms with Crippen LogP contribution in [0, 0.1) is 0 Å². The Morgan fingerprint density at radius 2 is 1.59 bits per heavy atom. The third-order valence-electron chi connectivity index (χ3n) is 5.80. The molecule has 0 unspecified atom stereocenters. The van der Waals surface area contributed by atoms with E-state index in [9.17, 15) is 14.4 Å². The summed E-state index contributed by atoms with van der Waals surface area (Å²) in [6.07, 6.45) is 5.83. The minimum absolute atomic E-state index is 0.102. The number of hydrogen-bond acceptors (Lipinski definition) is 5. The Morgan fingerprint density at radius 1 is 0.938 bits per heavy atom. The van der Waals surface area contributed by atoms with Gasteiger partial charge in [0.25, 0.3) is 0 Å². The van der Waals surface area contributed by atoms with Gasteiger partial charge in [0.15, 0.2) is 11.6 Å². The van der Waals surface area contributed by atoms with Crippen molar-refractivity contribution in [3.8, 4) is 0 Å². The minimum atomic E-state index is -0.337. The van der Waals surface area contributed by atoms with Crippen LogP contribution in [0.1, 0.15) is 77.3 Å². The van der Waals surface area contributed by atoms with Gasteiger partial charge in [0, 0.05) is 39.2 Å². The van der Waals surface area contributed by atoms with Gasteiger partial charge in [0.1, 0.15) is 0 Å². The van der Waals surface area contributed by atoms with Gasteiger partial charge < -0.3 is 10.1 Å². The number of ether oxygens (including phenoxy) is 1. The van der Waals surface area contributed by atoms with E-state index >= 15 is 0 Å². The van der Waals surface area contributed by atoms with Gasteiger partial charge in [0.05, 0.1) is 6.61 Å². The molecular formula is C27H27NO4. The number of esters is 1. The molecule has 2 aliphatic carbocycles. The van der Waals surface area contributed by atoms with Crippen LogP contribution in [0.15, 0.2) is 65.9 Å². The lowest BCUT2D eigenvalue weighted by Crippen LogP contribution is -2.21. The molecule has 32 heavy (non-hydrogen) atoms. The first-order valence-electron chi connectivity index (χ1n) is 11.1. The predicted molar refractivity (Wildman–Crippen MR) is 124 cm³/mol. The third kappa shape index (κ3) is 4.72. The molecule has 5 heteroatoms. The SMILES string of the molecule is C=C(C)C(=O)OCCCCCC(Nc1ccc2c(c1)C(=O)c1ccccc1C2=O)=C1CC1. The molecule has 5 nitrogen and oxygen atoms in total. The molecular weight excluding hydrogens is 402 g/mol. The number of benzene rings is 2. The summed E-state index contributed by atoms with van der Waals surface area (Å²) in [6, 6.07) is 12.4. The molecule has 0 saturated heterocycles. The van der Waals surface area contributed by atoms with Gasteiger partial charge in [-0.15, -0.1) is 0 Å². The van der Waals surface area contributed by atoms with Crippen molar-refractivity contribution in [1.82, 2.24) is 0 Å². The number of anilines is 1. The fraction of sp³-hybridized carbons (Fsp3) is 0.296. The Bertz CT molecular complexity index is 1140. The molecule has 0 amide bonds. The Kier molecular flexibility index (Phi) is 6.35. The Labute approximate surface area is 188 Å². The van der Waals surface area contributed by atoms with Crippen molar-refractivity contribution in [3.63, 3.8) is 0 Å². The monoisotopic (exact) mass is 429 g/mol. The molecule has 0 atom stereocenters. The van der Waals surface area contributed by atoms with Crippen LogP contribution in [0.2, 0.25) is 0 Å². The highest BCUT2D eigenvalue weighted by molar-refractivity contribution is 6.28. The van der Waals surface area contributed by atoms with Crippen molar-refractivity contribution in [3.05, 3.63) is 88.1 Å². The second kappa shape index (κ2) is 9.35. The van der Waals surface area contributed by atoms with E-state index in [0.29, 0.717) is 34.4 Å². The molecule has 164 valence electrons. The van der Waals surface area contributed by atoms with Crippen molar-refractivity contribution in [2.24, 2.45) is 0 Å². The van der Waals surface area contributed by atoms with Crippen LogP contribution < -0.4 is 5.32 Å². The molecule has 0 spiro atoms. The third-order valence-corrected chi connectivity index (χ3v) is 5.80. The zero-order valence-electron chi connectivity index (χ0n) is 18.3. The van der Waals surface area contributed by atoms with E-state index in [4.69, 9.17) is 4.74 Å². The first kappa shape index (κ1) is 21.8. The van der Waals surface area contributed by atoms with Gasteiger partial charge in [-0.05, 0) is 63.6 Å². The lowest BCUT2D eigenvalue weighted by molar-refractivity contribution is -0.139. The first-order valence-corrected chi connectivity index (χ1v) is 11.1. The van der Waals surface area contributed by atoms with Crippen LogP contribution in [-0.4, -0.2) is 24.1 Å². The zero-order chi connectivity index (χ0) is 22.7. The predicted octanol–water partition coefficient (Wildman–Crippen LogP) is 5.60. The van der Waals surface area contributed by atoms with Crippen molar-refractivity contribution >= 4 is 23.2 Å². The second-order valence-corrected chi connectivity index (χ2v) is 8.40. The van der Waals surface area contributed by atoms with Crippen LogP contribution in [0.3, 0.4) is 0 Å². The maximum Gasteiger partial charge on any atom is 0.333 e. The maximum atomic E-state index is 13.0. The molecule has 0 aromatic heterocycles. The molecule has 1 saturated carbocycles. The van der Waals surface area contributed by atoms with Gasteiger partial charge in [-0.25, -0.2) is 4.79 Å². The fourth-order valence-corrected chi connectivity index (χ4v) is 3.91.